The van der Waals surface area contributed by atoms with Crippen LogP contribution in [-0.4, -0.2) is 47.5 Å². The van der Waals surface area contributed by atoms with E-state index < -0.39 is 0 Å². The molecular formula is C21H24N2O4S. The molecule has 0 aliphatic carbocycles. The summed E-state index contributed by atoms with van der Waals surface area (Å²) >= 11 is 0.974. The van der Waals surface area contributed by atoms with Crippen LogP contribution in [0.15, 0.2) is 41.3 Å². The molecule has 1 aliphatic heterocycles. The van der Waals surface area contributed by atoms with Gasteiger partial charge < -0.3 is 14.0 Å². The Morgan fingerprint density at radius 2 is 1.82 bits per heavy atom. The number of amides is 2. The summed E-state index contributed by atoms with van der Waals surface area (Å²) in [7, 11) is 1.67. The highest BCUT2D eigenvalue weighted by atomic mass is 32.2. The van der Waals surface area contributed by atoms with Gasteiger partial charge in [0.1, 0.15) is 12.4 Å². The molecule has 0 spiro atoms. The number of nitrogens with zero attached hydrogens (tertiary/aromatic N) is 2. The van der Waals surface area contributed by atoms with Crippen LogP contribution in [0, 0.1) is 13.8 Å². The molecule has 0 radical (unpaired) electrons. The number of methoxy groups -OCH3 is 1. The van der Waals surface area contributed by atoms with Crippen LogP contribution in [-0.2, 0) is 16.1 Å². The molecule has 1 aromatic heterocycles. The molecule has 28 heavy (non-hydrogen) atoms. The van der Waals surface area contributed by atoms with Gasteiger partial charge in [-0.3, -0.25) is 14.5 Å². The lowest BCUT2D eigenvalue weighted by Crippen LogP contribution is -2.32. The molecule has 1 fully saturated rings. The van der Waals surface area contributed by atoms with Crippen LogP contribution < -0.4 is 4.74 Å². The summed E-state index contributed by atoms with van der Waals surface area (Å²) in [6.07, 6.45) is 1.80. The molecule has 1 aliphatic rings. The van der Waals surface area contributed by atoms with Crippen molar-refractivity contribution in [3.05, 3.63) is 58.3 Å². The lowest BCUT2D eigenvalue weighted by Gasteiger charge is -2.13. The number of aryl methyl sites for hydroxylation is 1. The molecule has 2 aromatic rings. The Morgan fingerprint density at radius 3 is 2.54 bits per heavy atom. The number of benzene rings is 1. The van der Waals surface area contributed by atoms with Crippen molar-refractivity contribution in [2.24, 2.45) is 0 Å². The van der Waals surface area contributed by atoms with Gasteiger partial charge in [-0.1, -0.05) is 18.2 Å². The standard InChI is InChI=1S/C21H24N2O4S/c1-15-13-17(16(2)22(15)9-11-26-3)14-19-20(24)23(21(25)28-19)10-12-27-18-7-5-4-6-8-18/h4-8,13-14H,9-12H2,1-3H3/b19-14-. The van der Waals surface area contributed by atoms with Gasteiger partial charge in [0.15, 0.2) is 0 Å². The molecule has 3 rings (SSSR count). The van der Waals surface area contributed by atoms with E-state index in [1.54, 1.807) is 13.2 Å². The number of carbonyl (C=O) groups excluding carboxylic acids is 2. The molecule has 6 nitrogen and oxygen atoms in total. The van der Waals surface area contributed by atoms with E-state index in [1.807, 2.05) is 50.2 Å². The zero-order chi connectivity index (χ0) is 20.1. The van der Waals surface area contributed by atoms with E-state index in [0.29, 0.717) is 17.3 Å². The van der Waals surface area contributed by atoms with Crippen molar-refractivity contribution in [2.45, 2.75) is 20.4 Å². The van der Waals surface area contributed by atoms with Gasteiger partial charge in [0.05, 0.1) is 18.1 Å². The first kappa shape index (κ1) is 20.2. The first-order chi connectivity index (χ1) is 13.5. The van der Waals surface area contributed by atoms with Crippen LogP contribution in [0.1, 0.15) is 17.0 Å². The molecule has 2 heterocycles. The smallest absolute Gasteiger partial charge is 0.293 e. The summed E-state index contributed by atoms with van der Waals surface area (Å²) in [4.78, 5) is 26.6. The number of rotatable bonds is 8. The van der Waals surface area contributed by atoms with Gasteiger partial charge in [0, 0.05) is 25.0 Å². The predicted octanol–water partition coefficient (Wildman–Crippen LogP) is 3.87. The molecule has 0 atom stereocenters. The lowest BCUT2D eigenvalue weighted by atomic mass is 10.2. The van der Waals surface area contributed by atoms with Crippen molar-refractivity contribution in [1.29, 1.82) is 0 Å². The maximum atomic E-state index is 12.7. The summed E-state index contributed by atoms with van der Waals surface area (Å²) in [6.45, 7) is 5.89. The Hall–Kier alpha value is -2.51. The topological polar surface area (TPSA) is 60.8 Å². The van der Waals surface area contributed by atoms with Gasteiger partial charge in [0.25, 0.3) is 11.1 Å². The third-order valence-corrected chi connectivity index (χ3v) is 5.53. The summed E-state index contributed by atoms with van der Waals surface area (Å²) in [5, 5.41) is -0.263. The van der Waals surface area contributed by atoms with Gasteiger partial charge in [-0.15, -0.1) is 0 Å². The molecule has 0 unspecified atom stereocenters. The second-order valence-corrected chi connectivity index (χ2v) is 7.46. The summed E-state index contributed by atoms with van der Waals surface area (Å²) < 4.78 is 12.9. The van der Waals surface area contributed by atoms with E-state index in [0.717, 1.165) is 35.3 Å². The normalized spacial score (nSPS) is 15.7. The number of imide groups is 1. The second kappa shape index (κ2) is 9.12. The minimum absolute atomic E-state index is 0.226. The summed E-state index contributed by atoms with van der Waals surface area (Å²) in [5.74, 6) is 0.446. The van der Waals surface area contributed by atoms with E-state index in [2.05, 4.69) is 4.57 Å². The lowest BCUT2D eigenvalue weighted by molar-refractivity contribution is -0.123. The number of ether oxygens (including phenoxy) is 2. The minimum Gasteiger partial charge on any atom is -0.492 e. The van der Waals surface area contributed by atoms with Crippen molar-refractivity contribution >= 4 is 29.0 Å². The minimum atomic E-state index is -0.270. The Balaban J connectivity index is 1.67. The predicted molar refractivity (Wildman–Crippen MR) is 110 cm³/mol. The Morgan fingerprint density at radius 1 is 1.07 bits per heavy atom. The van der Waals surface area contributed by atoms with E-state index in [9.17, 15) is 9.59 Å². The molecule has 7 heteroatoms. The van der Waals surface area contributed by atoms with E-state index >= 15 is 0 Å². The highest BCUT2D eigenvalue weighted by Crippen LogP contribution is 2.33. The van der Waals surface area contributed by atoms with Gasteiger partial charge in [0.2, 0.25) is 0 Å². The van der Waals surface area contributed by atoms with E-state index in [4.69, 9.17) is 9.47 Å². The van der Waals surface area contributed by atoms with Gasteiger partial charge in [-0.2, -0.15) is 0 Å². The number of hydrogen-bond acceptors (Lipinski definition) is 5. The number of hydrogen-bond donors (Lipinski definition) is 0. The number of aromatic nitrogens is 1. The Bertz CT molecular complexity index is 889. The van der Waals surface area contributed by atoms with Crippen molar-refractivity contribution in [3.8, 4) is 5.75 Å². The largest absolute Gasteiger partial charge is 0.492 e. The van der Waals surface area contributed by atoms with E-state index in [1.165, 1.54) is 4.90 Å². The monoisotopic (exact) mass is 400 g/mol. The summed E-state index contributed by atoms with van der Waals surface area (Å²) in [5.41, 5.74) is 3.09. The molecule has 148 valence electrons. The highest BCUT2D eigenvalue weighted by molar-refractivity contribution is 8.18. The first-order valence-electron chi connectivity index (χ1n) is 9.10. The SMILES string of the molecule is COCCn1c(C)cc(/C=C2\SC(=O)N(CCOc3ccccc3)C2=O)c1C. The van der Waals surface area contributed by atoms with E-state index in [-0.39, 0.29) is 24.3 Å². The van der Waals surface area contributed by atoms with Crippen molar-refractivity contribution in [3.63, 3.8) is 0 Å². The zero-order valence-corrected chi connectivity index (χ0v) is 17.1. The fraction of sp³-hybridized carbons (Fsp3) is 0.333. The fourth-order valence-corrected chi connectivity index (χ4v) is 3.96. The Labute approximate surface area is 169 Å². The number of carbonyl (C=O) groups is 2. The van der Waals surface area contributed by atoms with Crippen LogP contribution in [0.5, 0.6) is 5.75 Å². The Kier molecular flexibility index (Phi) is 6.59. The quantitative estimate of drug-likeness (QED) is 0.630. The highest BCUT2D eigenvalue weighted by Gasteiger charge is 2.35. The molecule has 0 N–H and O–H groups in total. The maximum absolute atomic E-state index is 12.7. The first-order valence-corrected chi connectivity index (χ1v) is 9.91. The fourth-order valence-electron chi connectivity index (χ4n) is 3.11. The number of para-hydroxylation sites is 1. The molecule has 1 aromatic carbocycles. The summed E-state index contributed by atoms with van der Waals surface area (Å²) in [6, 6.07) is 11.4. The van der Waals surface area contributed by atoms with Gasteiger partial charge in [-0.05, 0) is 55.4 Å². The third kappa shape index (κ3) is 4.48. The third-order valence-electron chi connectivity index (χ3n) is 4.62. The maximum Gasteiger partial charge on any atom is 0.293 e. The number of thioether (sulfide) groups is 1. The van der Waals surface area contributed by atoms with Crippen LogP contribution in [0.2, 0.25) is 0 Å². The molecular weight excluding hydrogens is 376 g/mol. The van der Waals surface area contributed by atoms with Crippen molar-refractivity contribution in [2.75, 3.05) is 26.9 Å². The average molecular weight is 401 g/mol. The second-order valence-electron chi connectivity index (χ2n) is 6.47. The van der Waals surface area contributed by atoms with Gasteiger partial charge in [-0.25, -0.2) is 0 Å². The molecule has 1 saturated heterocycles. The van der Waals surface area contributed by atoms with Gasteiger partial charge >= 0.3 is 0 Å². The molecule has 0 bridgehead atoms. The van der Waals surface area contributed by atoms with Crippen molar-refractivity contribution in [1.82, 2.24) is 9.47 Å². The van der Waals surface area contributed by atoms with Crippen LogP contribution in [0.4, 0.5) is 4.79 Å². The molecule has 2 amide bonds. The van der Waals surface area contributed by atoms with Crippen LogP contribution in [0.25, 0.3) is 6.08 Å². The zero-order valence-electron chi connectivity index (χ0n) is 16.3. The van der Waals surface area contributed by atoms with Crippen molar-refractivity contribution < 1.29 is 19.1 Å². The van der Waals surface area contributed by atoms with Crippen LogP contribution >= 0.6 is 11.8 Å². The average Bonchev–Trinajstić information content (AvgIpc) is 3.10. The van der Waals surface area contributed by atoms with Crippen LogP contribution in [0.3, 0.4) is 0 Å². The molecule has 0 saturated carbocycles.